The molecule has 9 heteroatoms. The third-order valence-electron chi connectivity index (χ3n) is 5.16. The fourth-order valence-electron chi connectivity index (χ4n) is 3.56. The number of aliphatic hydroxyl groups excluding tert-OH is 1. The molecule has 32 heavy (non-hydrogen) atoms. The van der Waals surface area contributed by atoms with E-state index >= 15 is 0 Å². The maximum Gasteiger partial charge on any atom is 0.338 e. The maximum atomic E-state index is 12.9. The number of fused-ring (bicyclic) bond motifs is 1. The highest BCUT2D eigenvalue weighted by Gasteiger charge is 2.53. The number of aliphatic imine (C=N–C) groups is 1. The topological polar surface area (TPSA) is 97.7 Å². The minimum atomic E-state index is -1.03. The molecule has 2 aliphatic heterocycles. The number of nitrogens with zero attached hydrogens (tertiary/aromatic N) is 2. The number of benzene rings is 2. The zero-order chi connectivity index (χ0) is 22.7. The van der Waals surface area contributed by atoms with Crippen molar-refractivity contribution in [2.75, 3.05) is 20.7 Å². The average Bonchev–Trinajstić information content (AvgIpc) is 3.25. The van der Waals surface area contributed by atoms with Crippen LogP contribution >= 0.6 is 11.8 Å². The predicted molar refractivity (Wildman–Crippen MR) is 120 cm³/mol. The summed E-state index contributed by atoms with van der Waals surface area (Å²) in [5, 5.41) is 10.7. The molecule has 0 spiro atoms. The summed E-state index contributed by atoms with van der Waals surface area (Å²) in [6.45, 7) is -0.410. The van der Waals surface area contributed by atoms with Crippen LogP contribution in [-0.4, -0.2) is 77.6 Å². The lowest BCUT2D eigenvalue weighted by atomic mass is 9.97. The highest BCUT2D eigenvalue weighted by molar-refractivity contribution is 8.14. The van der Waals surface area contributed by atoms with Crippen LogP contribution < -0.4 is 0 Å². The van der Waals surface area contributed by atoms with E-state index in [0.29, 0.717) is 16.3 Å². The number of rotatable bonds is 5. The number of hydrogen-bond acceptors (Lipinski definition) is 9. The van der Waals surface area contributed by atoms with Crippen molar-refractivity contribution >= 4 is 28.9 Å². The van der Waals surface area contributed by atoms with Gasteiger partial charge in [-0.3, -0.25) is 4.99 Å². The number of hydrogen-bond donors (Lipinski definition) is 1. The van der Waals surface area contributed by atoms with Crippen molar-refractivity contribution in [1.29, 1.82) is 0 Å². The van der Waals surface area contributed by atoms with Crippen molar-refractivity contribution < 1.29 is 28.9 Å². The van der Waals surface area contributed by atoms with Gasteiger partial charge in [0.1, 0.15) is 17.6 Å². The number of carbonyl (C=O) groups excluding carboxylic acids is 2. The van der Waals surface area contributed by atoms with E-state index < -0.39 is 48.3 Å². The van der Waals surface area contributed by atoms with Crippen molar-refractivity contribution in [2.24, 2.45) is 4.99 Å². The minimum Gasteiger partial charge on any atom is -0.452 e. The van der Waals surface area contributed by atoms with Gasteiger partial charge >= 0.3 is 11.9 Å². The number of ether oxygens (including phenoxy) is 3. The molecule has 0 amide bonds. The number of aliphatic hydroxyl groups is 1. The van der Waals surface area contributed by atoms with Crippen LogP contribution in [0.15, 0.2) is 65.7 Å². The second-order valence-corrected chi connectivity index (χ2v) is 8.68. The van der Waals surface area contributed by atoms with E-state index in [4.69, 9.17) is 14.2 Å². The molecule has 2 heterocycles. The second kappa shape index (κ2) is 9.72. The van der Waals surface area contributed by atoms with Gasteiger partial charge in [-0.15, -0.1) is 0 Å². The molecule has 4 rings (SSSR count). The van der Waals surface area contributed by atoms with Gasteiger partial charge in [0.2, 0.25) is 0 Å². The van der Waals surface area contributed by atoms with Gasteiger partial charge in [0.15, 0.2) is 17.4 Å². The molecule has 0 saturated carbocycles. The van der Waals surface area contributed by atoms with E-state index in [2.05, 4.69) is 4.99 Å². The molecule has 8 nitrogen and oxygen atoms in total. The molecule has 0 bridgehead atoms. The smallest absolute Gasteiger partial charge is 0.338 e. The third kappa shape index (κ3) is 4.64. The summed E-state index contributed by atoms with van der Waals surface area (Å²) >= 11 is 1.38. The standard InChI is InChI=1S/C23H24N2O6S/c1-25(2)23-24-17-19(31-21(28)15-11-7-4-8-12-15)18(16(13-26)29-22(17)32-23)30-20(27)14-9-5-3-6-10-14/h3-12,16-19,22,26H,13H2,1-2H3/t16-,17-,18-,19-,22-/m1/s1. The van der Waals surface area contributed by atoms with E-state index in [1.54, 1.807) is 60.7 Å². The van der Waals surface area contributed by atoms with Gasteiger partial charge in [-0.05, 0) is 24.3 Å². The van der Waals surface area contributed by atoms with Crippen molar-refractivity contribution in [1.82, 2.24) is 4.90 Å². The summed E-state index contributed by atoms with van der Waals surface area (Å²) in [5.41, 5.74) is 0.231. The van der Waals surface area contributed by atoms with Crippen LogP contribution in [0.3, 0.4) is 0 Å². The molecule has 2 aromatic rings. The van der Waals surface area contributed by atoms with E-state index in [1.807, 2.05) is 19.0 Å². The summed E-state index contributed by atoms with van der Waals surface area (Å²) in [6, 6.07) is 16.5. The Morgan fingerprint density at radius 3 is 2.00 bits per heavy atom. The van der Waals surface area contributed by atoms with Crippen LogP contribution in [0.2, 0.25) is 0 Å². The zero-order valence-electron chi connectivity index (χ0n) is 17.7. The molecular formula is C23H24N2O6S. The van der Waals surface area contributed by atoms with Crippen molar-refractivity contribution in [3.05, 3.63) is 71.8 Å². The maximum absolute atomic E-state index is 12.9. The molecule has 0 unspecified atom stereocenters. The van der Waals surface area contributed by atoms with Crippen LogP contribution in [0.1, 0.15) is 20.7 Å². The van der Waals surface area contributed by atoms with Crippen molar-refractivity contribution in [3.63, 3.8) is 0 Å². The van der Waals surface area contributed by atoms with E-state index in [9.17, 15) is 14.7 Å². The Labute approximate surface area is 190 Å². The Hall–Kier alpha value is -2.88. The first-order valence-electron chi connectivity index (χ1n) is 10.2. The normalized spacial score (nSPS) is 26.6. The monoisotopic (exact) mass is 456 g/mol. The summed E-state index contributed by atoms with van der Waals surface area (Å²) < 4.78 is 17.6. The Bertz CT molecular complexity index is 984. The van der Waals surface area contributed by atoms with Gasteiger partial charge in [0.25, 0.3) is 0 Å². The average molecular weight is 457 g/mol. The molecule has 0 aliphatic carbocycles. The van der Waals surface area contributed by atoms with Gasteiger partial charge in [-0.1, -0.05) is 48.2 Å². The first-order chi connectivity index (χ1) is 15.5. The molecule has 0 aromatic heterocycles. The molecule has 168 valence electrons. The van der Waals surface area contributed by atoms with Crippen LogP contribution in [0, 0.1) is 0 Å². The zero-order valence-corrected chi connectivity index (χ0v) is 18.5. The Morgan fingerprint density at radius 2 is 1.50 bits per heavy atom. The van der Waals surface area contributed by atoms with Crippen LogP contribution in [0.25, 0.3) is 0 Å². The molecule has 2 aliphatic rings. The molecule has 0 radical (unpaired) electrons. The first-order valence-corrected chi connectivity index (χ1v) is 11.1. The number of thioether (sulfide) groups is 1. The summed E-state index contributed by atoms with van der Waals surface area (Å²) in [5.74, 6) is -1.16. The number of amidine groups is 1. The van der Waals surface area contributed by atoms with Crippen LogP contribution in [0.5, 0.6) is 0 Å². The van der Waals surface area contributed by atoms with E-state index in [0.717, 1.165) is 0 Å². The number of carbonyl (C=O) groups is 2. The quantitative estimate of drug-likeness (QED) is 0.684. The van der Waals surface area contributed by atoms with Crippen molar-refractivity contribution in [2.45, 2.75) is 29.8 Å². The molecule has 1 N–H and O–H groups in total. The predicted octanol–water partition coefficient (Wildman–Crippen LogP) is 2.19. The van der Waals surface area contributed by atoms with Gasteiger partial charge in [-0.25, -0.2) is 9.59 Å². The highest BCUT2D eigenvalue weighted by Crippen LogP contribution is 2.39. The fourth-order valence-corrected chi connectivity index (χ4v) is 4.72. The first kappa shape index (κ1) is 22.3. The highest BCUT2D eigenvalue weighted by atomic mass is 32.2. The summed E-state index contributed by atoms with van der Waals surface area (Å²) in [4.78, 5) is 32.2. The Morgan fingerprint density at radius 1 is 0.969 bits per heavy atom. The van der Waals surface area contributed by atoms with Gasteiger partial charge in [-0.2, -0.15) is 0 Å². The number of esters is 2. The second-order valence-electron chi connectivity index (χ2n) is 7.61. The largest absolute Gasteiger partial charge is 0.452 e. The molecule has 2 aromatic carbocycles. The molecule has 1 fully saturated rings. The Kier molecular flexibility index (Phi) is 6.78. The molecular weight excluding hydrogens is 432 g/mol. The van der Waals surface area contributed by atoms with E-state index in [1.165, 1.54) is 11.8 Å². The van der Waals surface area contributed by atoms with Crippen LogP contribution in [0.4, 0.5) is 0 Å². The SMILES string of the molecule is CN(C)C1=N[C@@H]2[C@@H](OC(=O)c3ccccc3)[C@H](OC(=O)c3ccccc3)[C@@H](CO)O[C@@H]2S1. The molecule has 5 atom stereocenters. The lowest BCUT2D eigenvalue weighted by molar-refractivity contribution is -0.168. The van der Waals surface area contributed by atoms with Gasteiger partial charge in [0.05, 0.1) is 17.7 Å². The molecule has 1 saturated heterocycles. The lowest BCUT2D eigenvalue weighted by Gasteiger charge is -2.41. The fraction of sp³-hybridized carbons (Fsp3) is 0.348. The third-order valence-corrected chi connectivity index (χ3v) is 6.47. The van der Waals surface area contributed by atoms with Crippen LogP contribution in [-0.2, 0) is 14.2 Å². The lowest BCUT2D eigenvalue weighted by Crippen LogP contribution is -2.59. The van der Waals surface area contributed by atoms with E-state index in [-0.39, 0.29) is 0 Å². The summed E-state index contributed by atoms with van der Waals surface area (Å²) in [7, 11) is 3.70. The summed E-state index contributed by atoms with van der Waals surface area (Å²) in [6.07, 6.45) is -2.84. The van der Waals surface area contributed by atoms with Gasteiger partial charge < -0.3 is 24.2 Å². The minimum absolute atomic E-state index is 0.345. The van der Waals surface area contributed by atoms with Crippen molar-refractivity contribution in [3.8, 4) is 0 Å². The van der Waals surface area contributed by atoms with Gasteiger partial charge in [0, 0.05) is 14.1 Å². The Balaban J connectivity index is 1.65.